The second-order valence-corrected chi connectivity index (χ2v) is 4.46. The van der Waals surface area contributed by atoms with Crippen molar-refractivity contribution in [3.63, 3.8) is 0 Å². The molecule has 20 heavy (non-hydrogen) atoms. The van der Waals surface area contributed by atoms with Gasteiger partial charge in [0.25, 0.3) is 0 Å². The highest BCUT2D eigenvalue weighted by atomic mass is 16.7. The van der Waals surface area contributed by atoms with E-state index in [0.717, 1.165) is 5.56 Å². The standard InChI is InChI=1S/C14H21NO5/c1-10-6-11(19-9-13(17-4)18-5)8-12(7-10)20-14(16)15(2)3/h6-8,13H,9H2,1-5H3. The molecule has 0 radical (unpaired) electrons. The van der Waals surface area contributed by atoms with Gasteiger partial charge in [0.2, 0.25) is 0 Å². The van der Waals surface area contributed by atoms with Gasteiger partial charge in [0.1, 0.15) is 18.1 Å². The third-order valence-corrected chi connectivity index (χ3v) is 2.51. The van der Waals surface area contributed by atoms with Crippen LogP contribution in [0.4, 0.5) is 4.79 Å². The van der Waals surface area contributed by atoms with Crippen LogP contribution in [-0.2, 0) is 9.47 Å². The van der Waals surface area contributed by atoms with E-state index >= 15 is 0 Å². The number of nitrogens with zero attached hydrogens (tertiary/aromatic N) is 1. The second-order valence-electron chi connectivity index (χ2n) is 4.46. The molecule has 0 N–H and O–H groups in total. The van der Waals surface area contributed by atoms with Gasteiger partial charge in [-0.15, -0.1) is 0 Å². The fraction of sp³-hybridized carbons (Fsp3) is 0.500. The SMILES string of the molecule is COC(COc1cc(C)cc(OC(=O)N(C)C)c1)OC. The lowest BCUT2D eigenvalue weighted by atomic mass is 10.2. The van der Waals surface area contributed by atoms with E-state index in [4.69, 9.17) is 18.9 Å². The first-order chi connectivity index (χ1) is 9.46. The van der Waals surface area contributed by atoms with Crippen molar-refractivity contribution in [1.29, 1.82) is 0 Å². The number of methoxy groups -OCH3 is 2. The maximum atomic E-state index is 11.5. The van der Waals surface area contributed by atoms with Gasteiger partial charge in [-0.1, -0.05) is 0 Å². The molecule has 0 saturated heterocycles. The number of amides is 1. The molecule has 1 amide bonds. The Balaban J connectivity index is 2.73. The van der Waals surface area contributed by atoms with E-state index < -0.39 is 12.4 Å². The summed E-state index contributed by atoms with van der Waals surface area (Å²) in [4.78, 5) is 12.9. The van der Waals surface area contributed by atoms with Crippen molar-refractivity contribution in [2.45, 2.75) is 13.2 Å². The Morgan fingerprint density at radius 1 is 1.15 bits per heavy atom. The molecule has 1 rings (SSSR count). The van der Waals surface area contributed by atoms with Crippen LogP contribution in [0.25, 0.3) is 0 Å². The maximum absolute atomic E-state index is 11.5. The highest BCUT2D eigenvalue weighted by Gasteiger charge is 2.10. The van der Waals surface area contributed by atoms with E-state index in [1.165, 1.54) is 19.1 Å². The average molecular weight is 283 g/mol. The molecule has 0 aliphatic carbocycles. The van der Waals surface area contributed by atoms with Crippen molar-refractivity contribution in [3.05, 3.63) is 23.8 Å². The number of ether oxygens (including phenoxy) is 4. The van der Waals surface area contributed by atoms with Crippen LogP contribution in [0.5, 0.6) is 11.5 Å². The third-order valence-electron chi connectivity index (χ3n) is 2.51. The van der Waals surface area contributed by atoms with Crippen molar-refractivity contribution in [3.8, 4) is 11.5 Å². The Morgan fingerprint density at radius 3 is 2.30 bits per heavy atom. The van der Waals surface area contributed by atoms with Crippen LogP contribution >= 0.6 is 0 Å². The molecule has 0 fully saturated rings. The molecular weight excluding hydrogens is 262 g/mol. The lowest BCUT2D eigenvalue weighted by molar-refractivity contribution is -0.122. The summed E-state index contributed by atoms with van der Waals surface area (Å²) >= 11 is 0. The van der Waals surface area contributed by atoms with E-state index in [0.29, 0.717) is 11.5 Å². The van der Waals surface area contributed by atoms with Gasteiger partial charge in [0.15, 0.2) is 6.29 Å². The van der Waals surface area contributed by atoms with Gasteiger partial charge >= 0.3 is 6.09 Å². The summed E-state index contributed by atoms with van der Waals surface area (Å²) in [6, 6.07) is 5.25. The molecule has 6 nitrogen and oxygen atoms in total. The van der Waals surface area contributed by atoms with Crippen LogP contribution in [0.1, 0.15) is 5.56 Å². The van der Waals surface area contributed by atoms with Crippen LogP contribution in [0.3, 0.4) is 0 Å². The largest absolute Gasteiger partial charge is 0.488 e. The zero-order valence-electron chi connectivity index (χ0n) is 12.5. The molecule has 0 heterocycles. The molecule has 112 valence electrons. The Morgan fingerprint density at radius 2 is 1.75 bits per heavy atom. The van der Waals surface area contributed by atoms with Gasteiger partial charge in [0, 0.05) is 34.4 Å². The Hall–Kier alpha value is -1.79. The zero-order valence-corrected chi connectivity index (χ0v) is 12.5. The first-order valence-electron chi connectivity index (χ1n) is 6.15. The summed E-state index contributed by atoms with van der Waals surface area (Å²) in [6.07, 6.45) is -0.878. The Labute approximate surface area is 119 Å². The van der Waals surface area contributed by atoms with Gasteiger partial charge in [-0.2, -0.15) is 0 Å². The van der Waals surface area contributed by atoms with Crippen LogP contribution in [0.15, 0.2) is 18.2 Å². The van der Waals surface area contributed by atoms with Crippen LogP contribution in [-0.4, -0.2) is 52.2 Å². The minimum absolute atomic E-state index is 0.248. The van der Waals surface area contributed by atoms with E-state index in [1.807, 2.05) is 13.0 Å². The normalized spacial score (nSPS) is 10.5. The third kappa shape index (κ3) is 5.07. The monoisotopic (exact) mass is 283 g/mol. The first-order valence-corrected chi connectivity index (χ1v) is 6.15. The van der Waals surface area contributed by atoms with Crippen molar-refractivity contribution < 1.29 is 23.7 Å². The van der Waals surface area contributed by atoms with E-state index in [2.05, 4.69) is 0 Å². The highest BCUT2D eigenvalue weighted by molar-refractivity contribution is 5.70. The summed E-state index contributed by atoms with van der Waals surface area (Å²) in [5.74, 6) is 1.02. The number of carbonyl (C=O) groups excluding carboxylic acids is 1. The predicted octanol–water partition coefficient (Wildman–Crippen LogP) is 2.05. The van der Waals surface area contributed by atoms with Crippen LogP contribution in [0.2, 0.25) is 0 Å². The van der Waals surface area contributed by atoms with E-state index in [9.17, 15) is 4.79 Å². The minimum atomic E-state index is -0.441. The number of hydrogen-bond donors (Lipinski definition) is 0. The number of rotatable bonds is 6. The fourth-order valence-electron chi connectivity index (χ4n) is 1.44. The summed E-state index contributed by atoms with van der Waals surface area (Å²) in [5, 5.41) is 0. The lowest BCUT2D eigenvalue weighted by Gasteiger charge is -2.16. The van der Waals surface area contributed by atoms with Crippen LogP contribution in [0, 0.1) is 6.92 Å². The minimum Gasteiger partial charge on any atom is -0.488 e. The van der Waals surface area contributed by atoms with Gasteiger partial charge in [0.05, 0.1) is 0 Å². The number of hydrogen-bond acceptors (Lipinski definition) is 5. The van der Waals surface area contributed by atoms with Crippen LogP contribution < -0.4 is 9.47 Å². The van der Waals surface area contributed by atoms with Crippen molar-refractivity contribution >= 4 is 6.09 Å². The summed E-state index contributed by atoms with van der Waals surface area (Å²) in [7, 11) is 6.32. The molecule has 0 aliphatic rings. The fourth-order valence-corrected chi connectivity index (χ4v) is 1.44. The highest BCUT2D eigenvalue weighted by Crippen LogP contribution is 2.23. The van der Waals surface area contributed by atoms with E-state index in [-0.39, 0.29) is 6.61 Å². The summed E-state index contributed by atoms with van der Waals surface area (Å²) < 4.78 is 20.8. The Bertz CT molecular complexity index is 443. The quantitative estimate of drug-likeness (QED) is 0.748. The molecule has 0 aliphatic heterocycles. The molecular formula is C14H21NO5. The number of benzene rings is 1. The smallest absolute Gasteiger partial charge is 0.414 e. The molecule has 0 bridgehead atoms. The maximum Gasteiger partial charge on any atom is 0.414 e. The first kappa shape index (κ1) is 16.3. The van der Waals surface area contributed by atoms with Crippen molar-refractivity contribution in [2.75, 3.05) is 34.9 Å². The zero-order chi connectivity index (χ0) is 15.1. The number of aryl methyl sites for hydroxylation is 1. The number of carbonyl (C=O) groups is 1. The van der Waals surface area contributed by atoms with E-state index in [1.54, 1.807) is 26.2 Å². The summed E-state index contributed by atoms with van der Waals surface area (Å²) in [6.45, 7) is 2.14. The Kier molecular flexibility index (Phi) is 6.27. The van der Waals surface area contributed by atoms with Crippen molar-refractivity contribution in [2.24, 2.45) is 0 Å². The molecule has 1 aromatic carbocycles. The molecule has 6 heteroatoms. The molecule has 0 atom stereocenters. The van der Waals surface area contributed by atoms with Gasteiger partial charge in [-0.25, -0.2) is 4.79 Å². The molecule has 0 aromatic heterocycles. The molecule has 0 saturated carbocycles. The second kappa shape index (κ2) is 7.72. The predicted molar refractivity (Wildman–Crippen MR) is 74.2 cm³/mol. The van der Waals surface area contributed by atoms with Gasteiger partial charge < -0.3 is 23.8 Å². The van der Waals surface area contributed by atoms with Crippen molar-refractivity contribution in [1.82, 2.24) is 4.90 Å². The topological polar surface area (TPSA) is 57.2 Å². The molecule has 0 spiro atoms. The van der Waals surface area contributed by atoms with Gasteiger partial charge in [-0.3, -0.25) is 0 Å². The average Bonchev–Trinajstić information content (AvgIpc) is 2.39. The lowest BCUT2D eigenvalue weighted by Crippen LogP contribution is -2.25. The summed E-state index contributed by atoms with van der Waals surface area (Å²) in [5.41, 5.74) is 0.926. The van der Waals surface area contributed by atoms with Gasteiger partial charge in [-0.05, 0) is 24.6 Å². The molecule has 1 aromatic rings. The molecule has 0 unspecified atom stereocenters.